The number of esters is 1. The topological polar surface area (TPSA) is 188 Å². The Morgan fingerprint density at radius 1 is 0.862 bits per heavy atom. The quantitative estimate of drug-likeness (QED) is 0.0393. The van der Waals surface area contributed by atoms with E-state index in [0.717, 1.165) is 28.2 Å². The molecule has 58 heavy (non-hydrogen) atoms. The van der Waals surface area contributed by atoms with Gasteiger partial charge in [0.05, 0.1) is 69.4 Å². The van der Waals surface area contributed by atoms with Gasteiger partial charge in [0.25, 0.3) is 5.56 Å². The third-order valence-corrected chi connectivity index (χ3v) is 10.8. The number of hydrogen-bond donors (Lipinski definition) is 2. The Bertz CT molecular complexity index is 2460. The molecule has 27 heteroatoms. The number of benzene rings is 2. The molecule has 0 radical (unpaired) electrons. The maximum atomic E-state index is 12.8. The van der Waals surface area contributed by atoms with E-state index < -0.39 is 41.0 Å². The summed E-state index contributed by atoms with van der Waals surface area (Å²) in [7, 11) is 0.961. The molecule has 0 unspecified atom stereocenters. The molecule has 0 amide bonds. The number of methoxy groups -OCH3 is 1. The summed E-state index contributed by atoms with van der Waals surface area (Å²) in [4.78, 5) is 67.4. The van der Waals surface area contributed by atoms with Gasteiger partial charge >= 0.3 is 24.0 Å². The average Bonchev–Trinajstić information content (AvgIpc) is 3.13. The molecule has 0 bridgehead atoms. The Hall–Kier alpha value is -3.93. The molecule has 0 aliphatic heterocycles. The number of aromatic amines is 1. The van der Waals surface area contributed by atoms with Gasteiger partial charge in [0.2, 0.25) is 6.08 Å². The Morgan fingerprint density at radius 2 is 1.34 bits per heavy atom. The summed E-state index contributed by atoms with van der Waals surface area (Å²) in [6.45, 7) is 0. The molecule has 0 aliphatic carbocycles. The first-order valence-corrected chi connectivity index (χ1v) is 19.2. The van der Waals surface area contributed by atoms with Crippen LogP contribution in [0.4, 0.5) is 32.0 Å². The van der Waals surface area contributed by atoms with Crippen LogP contribution in [0.1, 0.15) is 5.69 Å². The number of allylic oxidation sites excluding steroid dienone is 1. The van der Waals surface area contributed by atoms with Crippen LogP contribution in [-0.2, 0) is 20.5 Å². The summed E-state index contributed by atoms with van der Waals surface area (Å²) in [6.07, 6.45) is -2.13. The predicted molar refractivity (Wildman–Crippen MR) is 210 cm³/mol. The standard InChI is InChI=1S/C15H6BrCl2F3N4O2S.C11H4BrCl2N3OS.C5H6F3NO2/c16-7-1-8(18)9(2-10(7)28-13-22-4-6(17)5-23-13)25-12(26)3-11(15(19,20)21)24-14(25)27;12-7-1-8(14)9(17-5-18)2-10(7)19-11-15-3-6(13)4-16-11;1-11-4(10)2-3(9)5(6,7)8/h1-5H,(H,24,27);1-4H;2H,9H2,1H3/b;;3-2-. The van der Waals surface area contributed by atoms with Gasteiger partial charge in [-0.1, -0.05) is 46.4 Å². The lowest BCUT2D eigenvalue weighted by atomic mass is 10.3. The zero-order valence-electron chi connectivity index (χ0n) is 27.9. The second-order valence-electron chi connectivity index (χ2n) is 10.0. The Labute approximate surface area is 365 Å². The van der Waals surface area contributed by atoms with Gasteiger partial charge in [0.1, 0.15) is 11.4 Å². The summed E-state index contributed by atoms with van der Waals surface area (Å²) < 4.78 is 78.6. The van der Waals surface area contributed by atoms with Gasteiger partial charge in [-0.2, -0.15) is 31.3 Å². The van der Waals surface area contributed by atoms with Gasteiger partial charge < -0.3 is 15.5 Å². The molecule has 0 atom stereocenters. The van der Waals surface area contributed by atoms with E-state index in [0.29, 0.717) is 45.0 Å². The smallest absolute Gasteiger partial charge is 0.431 e. The fourth-order valence-corrected chi connectivity index (χ4v) is 7.10. The number of aliphatic imine (C=N–C) groups is 1. The molecule has 13 nitrogen and oxygen atoms in total. The van der Waals surface area contributed by atoms with E-state index in [-0.39, 0.29) is 22.9 Å². The second-order valence-corrected chi connectivity index (χ2v) is 15.4. The molecular formula is C31H16Br2Cl4F6N8O5S2. The molecule has 306 valence electrons. The molecule has 0 saturated carbocycles. The molecule has 3 N–H and O–H groups in total. The minimum Gasteiger partial charge on any atom is -0.466 e. The van der Waals surface area contributed by atoms with Gasteiger partial charge in [0.15, 0.2) is 10.3 Å². The van der Waals surface area contributed by atoms with Crippen molar-refractivity contribution in [3.8, 4) is 5.69 Å². The highest BCUT2D eigenvalue weighted by atomic mass is 79.9. The molecule has 0 spiro atoms. The fourth-order valence-electron chi connectivity index (χ4n) is 3.55. The predicted octanol–water partition coefficient (Wildman–Crippen LogP) is 9.78. The van der Waals surface area contributed by atoms with E-state index in [1.165, 1.54) is 54.8 Å². The van der Waals surface area contributed by atoms with Crippen molar-refractivity contribution < 1.29 is 40.7 Å². The third kappa shape index (κ3) is 14.4. The zero-order chi connectivity index (χ0) is 43.5. The maximum Gasteiger partial charge on any atom is 0.431 e. The van der Waals surface area contributed by atoms with E-state index in [2.05, 4.69) is 67.3 Å². The highest BCUT2D eigenvalue weighted by Crippen LogP contribution is 2.39. The van der Waals surface area contributed by atoms with Crippen molar-refractivity contribution in [1.82, 2.24) is 29.5 Å². The van der Waals surface area contributed by atoms with E-state index in [1.807, 2.05) is 0 Å². The maximum absolute atomic E-state index is 12.8. The molecule has 5 rings (SSSR count). The monoisotopic (exact) mass is 1060 g/mol. The lowest BCUT2D eigenvalue weighted by molar-refractivity contribution is -0.141. The number of halogens is 12. The fraction of sp³-hybridized carbons (Fsp3) is 0.0968. The number of alkyl halides is 6. The number of nitrogens with zero attached hydrogens (tertiary/aromatic N) is 6. The number of H-pyrrole nitrogens is 1. The van der Waals surface area contributed by atoms with Crippen LogP contribution in [0, 0.1) is 0 Å². The molecule has 0 aliphatic rings. The lowest BCUT2D eigenvalue weighted by Gasteiger charge is -2.12. The van der Waals surface area contributed by atoms with Crippen LogP contribution in [0.25, 0.3) is 5.69 Å². The molecule has 0 fully saturated rings. The Balaban J connectivity index is 0.000000259. The van der Waals surface area contributed by atoms with E-state index in [1.54, 1.807) is 17.1 Å². The molecule has 2 aromatic carbocycles. The second kappa shape index (κ2) is 21.4. The number of nitrogens with one attached hydrogen (secondary N) is 1. The normalized spacial score (nSPS) is 11.4. The first-order valence-electron chi connectivity index (χ1n) is 14.5. The van der Waals surface area contributed by atoms with Gasteiger partial charge in [-0.3, -0.25) is 4.79 Å². The van der Waals surface area contributed by atoms with Crippen LogP contribution in [0.15, 0.2) is 111 Å². The number of carbonyl (C=O) groups excluding carboxylic acids is 2. The van der Waals surface area contributed by atoms with Crippen molar-refractivity contribution in [2.45, 2.75) is 32.5 Å². The molecular weight excluding hydrogens is 1040 g/mol. The minimum absolute atomic E-state index is 0.0272. The molecule has 5 aromatic rings. The number of hydrogen-bond acceptors (Lipinski definition) is 13. The zero-order valence-corrected chi connectivity index (χ0v) is 35.8. The van der Waals surface area contributed by atoms with Crippen LogP contribution < -0.4 is 17.0 Å². The van der Waals surface area contributed by atoms with Crippen molar-refractivity contribution in [3.63, 3.8) is 0 Å². The Morgan fingerprint density at radius 3 is 1.78 bits per heavy atom. The van der Waals surface area contributed by atoms with Crippen molar-refractivity contribution in [2.24, 2.45) is 10.7 Å². The first kappa shape index (κ1) is 48.4. The molecule has 0 saturated heterocycles. The molecule has 3 heterocycles. The van der Waals surface area contributed by atoms with E-state index in [4.69, 9.17) is 46.4 Å². The van der Waals surface area contributed by atoms with Crippen molar-refractivity contribution in [3.05, 3.63) is 122 Å². The van der Waals surface area contributed by atoms with Crippen LogP contribution in [-0.4, -0.2) is 54.8 Å². The summed E-state index contributed by atoms with van der Waals surface area (Å²) in [5.74, 6) is -1.13. The van der Waals surface area contributed by atoms with Gasteiger partial charge in [-0.05, 0) is 79.6 Å². The average molecular weight is 1060 g/mol. The van der Waals surface area contributed by atoms with E-state index in [9.17, 15) is 45.5 Å². The number of aromatic nitrogens is 6. The third-order valence-electron chi connectivity index (χ3n) is 6.05. The highest BCUT2D eigenvalue weighted by Gasteiger charge is 2.33. The van der Waals surface area contributed by atoms with Crippen LogP contribution in [0.3, 0.4) is 0 Å². The van der Waals surface area contributed by atoms with E-state index >= 15 is 0 Å². The van der Waals surface area contributed by atoms with Gasteiger partial charge in [0, 0.05) is 24.8 Å². The van der Waals surface area contributed by atoms with Crippen LogP contribution >= 0.6 is 102 Å². The number of ether oxygens (including phenoxy) is 1. The summed E-state index contributed by atoms with van der Waals surface area (Å²) in [5.41, 5.74) is -0.663. The first-order chi connectivity index (χ1) is 27.0. The van der Waals surface area contributed by atoms with Crippen molar-refractivity contribution in [2.75, 3.05) is 7.11 Å². The van der Waals surface area contributed by atoms with Crippen molar-refractivity contribution in [1.29, 1.82) is 0 Å². The SMILES string of the molecule is COC(=O)/C=C(\N)C(F)(F)F.O=C=Nc1cc(Sc2ncc(Cl)cn2)c(Br)cc1Cl.O=c1cc(C(F)(F)F)[nH]c(=O)n1-c1cc(Sc2ncc(Cl)cn2)c(Br)cc1Cl. The summed E-state index contributed by atoms with van der Waals surface area (Å²) in [5, 5.41) is 1.96. The highest BCUT2D eigenvalue weighted by molar-refractivity contribution is 9.10. The van der Waals surface area contributed by atoms with Crippen LogP contribution in [0.5, 0.6) is 0 Å². The van der Waals surface area contributed by atoms with Crippen LogP contribution in [0.2, 0.25) is 20.1 Å². The lowest BCUT2D eigenvalue weighted by Crippen LogP contribution is -2.36. The summed E-state index contributed by atoms with van der Waals surface area (Å²) in [6, 6.07) is 6.35. The number of carbonyl (C=O) groups is 1. The number of rotatable bonds is 7. The van der Waals surface area contributed by atoms with Crippen molar-refractivity contribution >= 4 is 120 Å². The van der Waals surface area contributed by atoms with Gasteiger partial charge in [-0.25, -0.2) is 38.9 Å². The number of nitrogens with two attached hydrogens (primary N) is 1. The Kier molecular flexibility index (Phi) is 17.8. The van der Waals surface area contributed by atoms with Gasteiger partial charge in [-0.15, -0.1) is 0 Å². The largest absolute Gasteiger partial charge is 0.466 e. The molecule has 3 aromatic heterocycles. The number of isocyanates is 1. The minimum atomic E-state index is -4.87. The summed E-state index contributed by atoms with van der Waals surface area (Å²) >= 11 is 32.5.